The highest BCUT2D eigenvalue weighted by atomic mass is 16.6. The van der Waals surface area contributed by atoms with Crippen LogP contribution >= 0.6 is 0 Å². The molecule has 92 valence electrons. The second-order valence-electron chi connectivity index (χ2n) is 3.99. The van der Waals surface area contributed by atoms with E-state index in [4.69, 9.17) is 5.84 Å². The molecule has 0 unspecified atom stereocenters. The third kappa shape index (κ3) is 2.44. The zero-order valence-corrected chi connectivity index (χ0v) is 9.59. The van der Waals surface area contributed by atoms with E-state index >= 15 is 0 Å². The van der Waals surface area contributed by atoms with Crippen molar-refractivity contribution < 1.29 is 4.92 Å². The number of nitro groups is 1. The highest BCUT2D eigenvalue weighted by molar-refractivity contribution is 5.56. The lowest BCUT2D eigenvalue weighted by atomic mass is 10.3. The van der Waals surface area contributed by atoms with Crippen LogP contribution in [0.5, 0.6) is 0 Å². The molecule has 0 radical (unpaired) electrons. The van der Waals surface area contributed by atoms with E-state index < -0.39 is 4.92 Å². The van der Waals surface area contributed by atoms with Crippen molar-refractivity contribution in [3.8, 4) is 0 Å². The molecular formula is C10H15N5O2. The summed E-state index contributed by atoms with van der Waals surface area (Å²) in [4.78, 5) is 16.7. The summed E-state index contributed by atoms with van der Waals surface area (Å²) in [6.07, 6.45) is 2.23. The van der Waals surface area contributed by atoms with Crippen molar-refractivity contribution in [3.63, 3.8) is 0 Å². The van der Waals surface area contributed by atoms with E-state index in [9.17, 15) is 10.1 Å². The molecule has 17 heavy (non-hydrogen) atoms. The van der Waals surface area contributed by atoms with Gasteiger partial charge in [-0.25, -0.2) is 10.8 Å². The fourth-order valence-corrected chi connectivity index (χ4v) is 1.82. The molecule has 0 aromatic carbocycles. The van der Waals surface area contributed by atoms with Crippen LogP contribution < -0.4 is 16.2 Å². The summed E-state index contributed by atoms with van der Waals surface area (Å²) in [6, 6.07) is 3.27. The molecule has 0 aliphatic heterocycles. The van der Waals surface area contributed by atoms with Gasteiger partial charge in [0.15, 0.2) is 0 Å². The number of hydrazine groups is 1. The molecule has 1 aliphatic carbocycles. The van der Waals surface area contributed by atoms with E-state index in [1.165, 1.54) is 12.1 Å². The van der Waals surface area contributed by atoms with Gasteiger partial charge in [0.1, 0.15) is 11.6 Å². The minimum Gasteiger partial charge on any atom is -0.354 e. The lowest BCUT2D eigenvalue weighted by Gasteiger charge is -2.21. The standard InChI is InChI=1S/C10H15N5O2/c1-2-14(7-3-4-7)10-6-8(15(16)17)5-9(12-10)13-11/h5-7H,2-4,11H2,1H3,(H,12,13). The van der Waals surface area contributed by atoms with Crippen molar-refractivity contribution in [1.82, 2.24) is 4.98 Å². The maximum Gasteiger partial charge on any atom is 0.276 e. The molecule has 1 heterocycles. The summed E-state index contributed by atoms with van der Waals surface area (Å²) < 4.78 is 0. The normalized spacial score (nSPS) is 14.5. The minimum atomic E-state index is -0.438. The van der Waals surface area contributed by atoms with Crippen molar-refractivity contribution in [1.29, 1.82) is 0 Å². The van der Waals surface area contributed by atoms with Gasteiger partial charge in [-0.1, -0.05) is 0 Å². The van der Waals surface area contributed by atoms with Gasteiger partial charge in [0.05, 0.1) is 17.1 Å². The Kier molecular flexibility index (Phi) is 3.10. The second-order valence-corrected chi connectivity index (χ2v) is 3.99. The first-order chi connectivity index (χ1) is 8.15. The number of nitrogens with one attached hydrogen (secondary N) is 1. The predicted molar refractivity (Wildman–Crippen MR) is 64.7 cm³/mol. The summed E-state index contributed by atoms with van der Waals surface area (Å²) in [7, 11) is 0. The smallest absolute Gasteiger partial charge is 0.276 e. The van der Waals surface area contributed by atoms with Crippen LogP contribution in [-0.4, -0.2) is 22.5 Å². The molecule has 0 spiro atoms. The van der Waals surface area contributed by atoms with Gasteiger partial charge >= 0.3 is 0 Å². The predicted octanol–water partition coefficient (Wildman–Crippen LogP) is 1.26. The summed E-state index contributed by atoms with van der Waals surface area (Å²) in [5.41, 5.74) is 2.36. The van der Waals surface area contributed by atoms with Gasteiger partial charge in [-0.2, -0.15) is 0 Å². The fourth-order valence-electron chi connectivity index (χ4n) is 1.82. The number of pyridine rings is 1. The summed E-state index contributed by atoms with van der Waals surface area (Å²) in [6.45, 7) is 2.79. The lowest BCUT2D eigenvalue weighted by molar-refractivity contribution is -0.384. The van der Waals surface area contributed by atoms with Crippen molar-refractivity contribution in [2.24, 2.45) is 5.84 Å². The van der Waals surface area contributed by atoms with Crippen LogP contribution in [-0.2, 0) is 0 Å². The molecule has 0 atom stereocenters. The largest absolute Gasteiger partial charge is 0.354 e. The molecule has 1 aromatic heterocycles. The van der Waals surface area contributed by atoms with Crippen LogP contribution in [0.25, 0.3) is 0 Å². The number of aromatic nitrogens is 1. The number of nitrogen functional groups attached to an aromatic ring is 1. The van der Waals surface area contributed by atoms with E-state index in [-0.39, 0.29) is 5.69 Å². The second kappa shape index (κ2) is 4.54. The van der Waals surface area contributed by atoms with Gasteiger partial charge in [0.2, 0.25) is 0 Å². The number of nitrogens with zero attached hydrogens (tertiary/aromatic N) is 3. The Labute approximate surface area is 98.7 Å². The van der Waals surface area contributed by atoms with Crippen LogP contribution in [0.15, 0.2) is 12.1 Å². The van der Waals surface area contributed by atoms with Gasteiger partial charge < -0.3 is 10.3 Å². The zero-order chi connectivity index (χ0) is 12.4. The quantitative estimate of drug-likeness (QED) is 0.454. The van der Waals surface area contributed by atoms with E-state index in [1.54, 1.807) is 0 Å². The minimum absolute atomic E-state index is 0.00190. The molecule has 7 heteroatoms. The third-order valence-corrected chi connectivity index (χ3v) is 2.78. The van der Waals surface area contributed by atoms with Gasteiger partial charge in [0.25, 0.3) is 5.69 Å². The molecule has 2 rings (SSSR count). The molecule has 0 saturated heterocycles. The number of hydrogen-bond donors (Lipinski definition) is 2. The van der Waals surface area contributed by atoms with Crippen LogP contribution in [0.3, 0.4) is 0 Å². The van der Waals surface area contributed by atoms with Crippen LogP contribution in [0.1, 0.15) is 19.8 Å². The van der Waals surface area contributed by atoms with Crippen LogP contribution in [0.2, 0.25) is 0 Å². The van der Waals surface area contributed by atoms with Gasteiger partial charge in [-0.15, -0.1) is 0 Å². The van der Waals surface area contributed by atoms with Gasteiger partial charge in [-0.05, 0) is 19.8 Å². The van der Waals surface area contributed by atoms with Crippen molar-refractivity contribution >= 4 is 17.3 Å². The number of anilines is 2. The first kappa shape index (κ1) is 11.6. The first-order valence-electron chi connectivity index (χ1n) is 5.55. The Hall–Kier alpha value is -1.89. The highest BCUT2D eigenvalue weighted by Crippen LogP contribution is 2.32. The molecule has 1 aromatic rings. The molecular weight excluding hydrogens is 222 g/mol. The van der Waals surface area contributed by atoms with E-state index in [2.05, 4.69) is 15.3 Å². The number of nitrogens with two attached hydrogens (primary N) is 1. The maximum atomic E-state index is 10.8. The Morgan fingerprint density at radius 3 is 2.82 bits per heavy atom. The molecule has 1 saturated carbocycles. The number of hydrogen-bond acceptors (Lipinski definition) is 6. The average molecular weight is 237 g/mol. The Balaban J connectivity index is 2.37. The first-order valence-corrected chi connectivity index (χ1v) is 5.55. The van der Waals surface area contributed by atoms with Crippen molar-refractivity contribution in [3.05, 3.63) is 22.2 Å². The molecule has 1 aliphatic rings. The SMILES string of the molecule is CCN(c1cc([N+](=O)[O-])cc(NN)n1)C1CC1. The summed E-state index contributed by atoms with van der Waals surface area (Å²) in [5, 5.41) is 10.8. The maximum absolute atomic E-state index is 10.8. The Bertz CT molecular complexity index is 433. The summed E-state index contributed by atoms with van der Waals surface area (Å²) in [5.74, 6) is 6.19. The molecule has 1 fully saturated rings. The van der Waals surface area contributed by atoms with Gasteiger partial charge in [0, 0.05) is 12.6 Å². The van der Waals surface area contributed by atoms with E-state index in [0.717, 1.165) is 19.4 Å². The van der Waals surface area contributed by atoms with E-state index in [1.807, 2.05) is 6.92 Å². The van der Waals surface area contributed by atoms with Crippen LogP contribution in [0.4, 0.5) is 17.3 Å². The van der Waals surface area contributed by atoms with Gasteiger partial charge in [-0.3, -0.25) is 10.1 Å². The molecule has 0 amide bonds. The molecule has 7 nitrogen and oxygen atoms in total. The zero-order valence-electron chi connectivity index (χ0n) is 9.59. The average Bonchev–Trinajstić information content (AvgIpc) is 3.14. The number of rotatable bonds is 5. The molecule has 0 bridgehead atoms. The monoisotopic (exact) mass is 237 g/mol. The Morgan fingerprint density at radius 2 is 2.35 bits per heavy atom. The fraction of sp³-hybridized carbons (Fsp3) is 0.500. The van der Waals surface area contributed by atoms with E-state index in [0.29, 0.717) is 17.7 Å². The van der Waals surface area contributed by atoms with Crippen LogP contribution in [0, 0.1) is 10.1 Å². The molecule has 3 N–H and O–H groups in total. The Morgan fingerprint density at radius 1 is 1.65 bits per heavy atom. The third-order valence-electron chi connectivity index (χ3n) is 2.78. The van der Waals surface area contributed by atoms with Crippen molar-refractivity contribution in [2.75, 3.05) is 16.9 Å². The lowest BCUT2D eigenvalue weighted by Crippen LogP contribution is -2.26. The topological polar surface area (TPSA) is 97.3 Å². The highest BCUT2D eigenvalue weighted by Gasteiger charge is 2.30. The van der Waals surface area contributed by atoms with Crippen molar-refractivity contribution in [2.45, 2.75) is 25.8 Å². The summed E-state index contributed by atoms with van der Waals surface area (Å²) >= 11 is 0.